The van der Waals surface area contributed by atoms with Crippen LogP contribution in [-0.2, 0) is 31.0 Å². The van der Waals surface area contributed by atoms with Gasteiger partial charge in [-0.1, -0.05) is 42.0 Å². The molecule has 0 bridgehead atoms. The van der Waals surface area contributed by atoms with Crippen molar-refractivity contribution >= 4 is 58.8 Å². The summed E-state index contributed by atoms with van der Waals surface area (Å²) in [6.45, 7) is 1.69. The van der Waals surface area contributed by atoms with Crippen LogP contribution in [0, 0.1) is 6.92 Å². The van der Waals surface area contributed by atoms with E-state index in [2.05, 4.69) is 26.1 Å². The lowest BCUT2D eigenvalue weighted by molar-refractivity contribution is -0.143. The zero-order valence-corrected chi connectivity index (χ0v) is 35.0. The molecule has 6 N–H and O–H groups in total. The van der Waals surface area contributed by atoms with Crippen LogP contribution in [0.5, 0.6) is 5.75 Å². The molecular weight excluding hydrogens is 827 g/mol. The predicted octanol–water partition coefficient (Wildman–Crippen LogP) is 4.13. The third-order valence-corrected chi connectivity index (χ3v) is 12.5. The minimum absolute atomic E-state index is 0.0419. The molecule has 5 aromatic rings. The zero-order valence-electron chi connectivity index (χ0n) is 34.1. The van der Waals surface area contributed by atoms with Crippen LogP contribution in [0.15, 0.2) is 78.9 Å². The molecule has 3 heterocycles. The highest BCUT2D eigenvalue weighted by molar-refractivity contribution is 7.52. The summed E-state index contributed by atoms with van der Waals surface area (Å²) in [5.74, 6) is -2.09. The van der Waals surface area contributed by atoms with Gasteiger partial charge in [0.05, 0.1) is 19.2 Å². The number of nitrogens with zero attached hydrogens (tertiary/aromatic N) is 3. The number of hydrogen-bond acceptors (Lipinski definition) is 8. The number of aromatic nitrogens is 2. The van der Waals surface area contributed by atoms with Crippen LogP contribution in [0.4, 0.5) is 8.78 Å². The SMILES string of the molecule is CNC(=O)C[C@@H](Cc1ccc(OC)cc1)NC(=O)[C@@H]1CC[C@@H]2CCN(C(=O)c3n[nH]c4ccc(C)cc34)C[C@H](NC(=O)c3ccc4ccc(C(F)(F)P(=O)(O)O)cc4c3)C(=O)N21. The van der Waals surface area contributed by atoms with Gasteiger partial charge < -0.3 is 40.3 Å². The molecule has 16 nitrogen and oxygen atoms in total. The van der Waals surface area contributed by atoms with Crippen molar-refractivity contribution in [3.63, 3.8) is 0 Å². The number of rotatable bonds is 12. The Labute approximate surface area is 354 Å². The van der Waals surface area contributed by atoms with Gasteiger partial charge in [-0.2, -0.15) is 13.9 Å². The molecule has 2 aliphatic rings. The summed E-state index contributed by atoms with van der Waals surface area (Å²) in [6.07, 6.45) is 1.24. The lowest BCUT2D eigenvalue weighted by Gasteiger charge is -2.39. The van der Waals surface area contributed by atoms with Crippen LogP contribution in [-0.4, -0.2) is 111 Å². The molecule has 4 atom stereocenters. The Balaban J connectivity index is 1.19. The largest absolute Gasteiger partial charge is 0.497 e. The molecule has 19 heteroatoms. The first-order valence-electron chi connectivity index (χ1n) is 20.0. The molecule has 2 fully saturated rings. The summed E-state index contributed by atoms with van der Waals surface area (Å²) < 4.78 is 46.2. The number of methoxy groups -OCH3 is 1. The number of halogens is 2. The van der Waals surface area contributed by atoms with E-state index in [0.29, 0.717) is 41.3 Å². The molecule has 0 saturated carbocycles. The second-order valence-electron chi connectivity index (χ2n) is 15.7. The van der Waals surface area contributed by atoms with E-state index < -0.39 is 66.6 Å². The first-order valence-corrected chi connectivity index (χ1v) is 21.6. The van der Waals surface area contributed by atoms with Gasteiger partial charge in [-0.25, -0.2) is 0 Å². The zero-order chi connectivity index (χ0) is 44.5. The lowest BCUT2D eigenvalue weighted by Crippen LogP contribution is -2.61. The van der Waals surface area contributed by atoms with Crippen molar-refractivity contribution in [2.45, 2.75) is 68.9 Å². The Morgan fingerprint density at radius 2 is 1.73 bits per heavy atom. The highest BCUT2D eigenvalue weighted by Crippen LogP contribution is 2.59. The molecule has 2 aliphatic heterocycles. The van der Waals surface area contributed by atoms with E-state index >= 15 is 0 Å². The summed E-state index contributed by atoms with van der Waals surface area (Å²) in [6, 6.07) is 16.3. The number of carbonyl (C=O) groups excluding carboxylic acids is 5. The maximum absolute atomic E-state index is 14.8. The number of H-pyrrole nitrogens is 1. The highest BCUT2D eigenvalue weighted by atomic mass is 31.2. The Hall–Kier alpha value is -6.23. The molecule has 7 rings (SSSR count). The fourth-order valence-electron chi connectivity index (χ4n) is 8.19. The summed E-state index contributed by atoms with van der Waals surface area (Å²) in [5.41, 5.74) is -3.04. The predicted molar refractivity (Wildman–Crippen MR) is 223 cm³/mol. The maximum atomic E-state index is 14.8. The molecule has 0 aliphatic carbocycles. The normalized spacial score (nSPS) is 18.8. The van der Waals surface area contributed by atoms with E-state index in [1.165, 1.54) is 41.1 Å². The van der Waals surface area contributed by atoms with Gasteiger partial charge >= 0.3 is 13.3 Å². The maximum Gasteiger partial charge on any atom is 0.399 e. The number of alkyl halides is 2. The monoisotopic (exact) mass is 873 g/mol. The molecule has 5 amide bonds. The molecule has 1 aromatic heterocycles. The third kappa shape index (κ3) is 9.03. The standard InChI is InChI=1S/C43H46F2N7O9P/c1-24-4-14-34-33(18-24)38(50-49-34)42(57)51-17-16-31-11-15-36(40(55)47-30(22-37(53)46-2)19-25-5-12-32(61-3)13-6-25)52(31)41(56)35(23-51)48-39(54)27-8-7-26-9-10-29(21-28(26)20-27)43(44,45)62(58,59)60/h4-10,12-14,18,20-21,30-31,35-36H,11,15-17,19,22-23H2,1-3H3,(H,46,53)(H,47,55)(H,48,54)(H,49,50)(H2,58,59,60)/t30-,31-,35+,36+/m1/s1. The van der Waals surface area contributed by atoms with Crippen LogP contribution < -0.4 is 20.7 Å². The second kappa shape index (κ2) is 17.6. The van der Waals surface area contributed by atoms with Crippen LogP contribution >= 0.6 is 7.60 Å². The van der Waals surface area contributed by atoms with Crippen molar-refractivity contribution in [1.82, 2.24) is 35.9 Å². The van der Waals surface area contributed by atoms with E-state index in [-0.39, 0.29) is 48.5 Å². The number of benzene rings is 4. The van der Waals surface area contributed by atoms with Gasteiger partial charge in [0.25, 0.3) is 11.8 Å². The molecular formula is C43H46F2N7O9P. The second-order valence-corrected chi connectivity index (χ2v) is 17.3. The van der Waals surface area contributed by atoms with Gasteiger partial charge in [-0.3, -0.25) is 33.6 Å². The van der Waals surface area contributed by atoms with Crippen molar-refractivity contribution in [3.05, 3.63) is 107 Å². The molecule has 62 heavy (non-hydrogen) atoms. The number of fused-ring (bicyclic) bond motifs is 3. The average molecular weight is 874 g/mol. The number of nitrogens with one attached hydrogen (secondary N) is 4. The van der Waals surface area contributed by atoms with Crippen LogP contribution in [0.2, 0.25) is 0 Å². The van der Waals surface area contributed by atoms with Crippen LogP contribution in [0.1, 0.15) is 63.2 Å². The molecule has 2 saturated heterocycles. The van der Waals surface area contributed by atoms with E-state index in [1.54, 1.807) is 25.3 Å². The van der Waals surface area contributed by atoms with Gasteiger partial charge in [-0.05, 0) is 91.4 Å². The number of hydrogen-bond donors (Lipinski definition) is 6. The Morgan fingerprint density at radius 3 is 2.44 bits per heavy atom. The van der Waals surface area contributed by atoms with Crippen molar-refractivity contribution in [2.24, 2.45) is 0 Å². The van der Waals surface area contributed by atoms with Crippen LogP contribution in [0.3, 0.4) is 0 Å². The average Bonchev–Trinajstić information content (AvgIpc) is 3.87. The highest BCUT2D eigenvalue weighted by Gasteiger charge is 2.50. The number of aryl methyl sites for hydroxylation is 1. The summed E-state index contributed by atoms with van der Waals surface area (Å²) >= 11 is 0. The van der Waals surface area contributed by atoms with Gasteiger partial charge in [0.2, 0.25) is 17.7 Å². The molecule has 4 aromatic carbocycles. The number of aromatic amines is 1. The number of ether oxygens (including phenoxy) is 1. The van der Waals surface area contributed by atoms with Crippen molar-refractivity contribution in [1.29, 1.82) is 0 Å². The Bertz CT molecular complexity index is 2600. The summed E-state index contributed by atoms with van der Waals surface area (Å²) in [4.78, 5) is 91.5. The Kier molecular flexibility index (Phi) is 12.5. The number of carbonyl (C=O) groups is 5. The summed E-state index contributed by atoms with van der Waals surface area (Å²) in [5, 5.41) is 16.5. The summed E-state index contributed by atoms with van der Waals surface area (Å²) in [7, 11) is -2.85. The number of amides is 5. The fourth-order valence-corrected chi connectivity index (χ4v) is 8.67. The van der Waals surface area contributed by atoms with E-state index in [4.69, 9.17) is 4.74 Å². The lowest BCUT2D eigenvalue weighted by atomic mass is 10.0. The van der Waals surface area contributed by atoms with Gasteiger partial charge in [0.1, 0.15) is 17.8 Å². The molecule has 0 unspecified atom stereocenters. The van der Waals surface area contributed by atoms with Gasteiger partial charge in [0, 0.05) is 48.6 Å². The molecule has 326 valence electrons. The van der Waals surface area contributed by atoms with Crippen molar-refractivity contribution in [3.8, 4) is 5.75 Å². The van der Waals surface area contributed by atoms with Gasteiger partial charge in [-0.15, -0.1) is 0 Å². The van der Waals surface area contributed by atoms with Gasteiger partial charge in [0.15, 0.2) is 5.69 Å². The third-order valence-electron chi connectivity index (χ3n) is 11.5. The minimum atomic E-state index is -5.89. The van der Waals surface area contributed by atoms with E-state index in [9.17, 15) is 47.1 Å². The van der Waals surface area contributed by atoms with Crippen LogP contribution in [0.25, 0.3) is 21.7 Å². The van der Waals surface area contributed by atoms with E-state index in [0.717, 1.165) is 23.3 Å². The Morgan fingerprint density at radius 1 is 0.984 bits per heavy atom. The van der Waals surface area contributed by atoms with Crippen molar-refractivity contribution < 1.29 is 51.8 Å². The first-order chi connectivity index (χ1) is 29.5. The van der Waals surface area contributed by atoms with Crippen molar-refractivity contribution in [2.75, 3.05) is 27.2 Å². The fraction of sp³-hybridized carbons (Fsp3) is 0.349. The molecule has 0 radical (unpaired) electrons. The van der Waals surface area contributed by atoms with E-state index in [1.807, 2.05) is 31.2 Å². The smallest absolute Gasteiger partial charge is 0.399 e. The topological polar surface area (TPSA) is 223 Å². The molecule has 0 spiro atoms. The first kappa shape index (κ1) is 43.8. The minimum Gasteiger partial charge on any atom is -0.497 e. The quantitative estimate of drug-likeness (QED) is 0.0984.